The molecule has 2 aromatic rings. The average Bonchev–Trinajstić information content (AvgIpc) is 2.38. The molecule has 2 rings (SSSR count). The van der Waals surface area contributed by atoms with Crippen molar-refractivity contribution < 1.29 is 8.95 Å². The molecule has 19 heavy (non-hydrogen) atoms. The lowest BCUT2D eigenvalue weighted by Crippen LogP contribution is -2.03. The number of methoxy groups -OCH3 is 1. The van der Waals surface area contributed by atoms with Gasteiger partial charge in [-0.2, -0.15) is 0 Å². The number of benzene rings is 1. The van der Waals surface area contributed by atoms with Crippen molar-refractivity contribution in [1.29, 1.82) is 0 Å². The summed E-state index contributed by atoms with van der Waals surface area (Å²) >= 11 is 6.03. The van der Waals surface area contributed by atoms with E-state index in [1.807, 2.05) is 0 Å². The minimum absolute atomic E-state index is 0.241. The van der Waals surface area contributed by atoms with E-state index in [0.717, 1.165) is 0 Å². The topological polar surface area (TPSA) is 65.2 Å². The van der Waals surface area contributed by atoms with Crippen molar-refractivity contribution in [3.05, 3.63) is 47.1 Å². The van der Waals surface area contributed by atoms with Crippen molar-refractivity contribution in [1.82, 2.24) is 4.98 Å². The summed E-state index contributed by atoms with van der Waals surface area (Å²) in [4.78, 5) is 4.67. The van der Waals surface area contributed by atoms with Crippen LogP contribution in [0, 0.1) is 0 Å². The van der Waals surface area contributed by atoms with Crippen LogP contribution in [0.15, 0.2) is 41.3 Å². The molecular formula is C13H13ClN2O2S. The summed E-state index contributed by atoms with van der Waals surface area (Å²) in [6, 6.07) is 10.4. The van der Waals surface area contributed by atoms with Crippen LogP contribution < -0.4 is 10.5 Å². The van der Waals surface area contributed by atoms with E-state index >= 15 is 0 Å². The minimum Gasteiger partial charge on any atom is -0.481 e. The molecule has 100 valence electrons. The van der Waals surface area contributed by atoms with Gasteiger partial charge in [-0.05, 0) is 18.2 Å². The molecule has 0 fully saturated rings. The summed E-state index contributed by atoms with van der Waals surface area (Å²) in [6.45, 7) is 0. The van der Waals surface area contributed by atoms with Gasteiger partial charge < -0.3 is 10.5 Å². The van der Waals surface area contributed by atoms with Crippen LogP contribution in [-0.2, 0) is 16.6 Å². The molecule has 0 aliphatic rings. The Labute approximate surface area is 119 Å². The molecule has 0 saturated heterocycles. The van der Waals surface area contributed by atoms with E-state index in [9.17, 15) is 4.21 Å². The Kier molecular flexibility index (Phi) is 4.39. The Hall–Kier alpha value is -1.59. The van der Waals surface area contributed by atoms with Crippen molar-refractivity contribution in [2.45, 2.75) is 10.6 Å². The molecule has 0 spiro atoms. The van der Waals surface area contributed by atoms with Gasteiger partial charge in [-0.25, -0.2) is 4.98 Å². The lowest BCUT2D eigenvalue weighted by atomic mass is 10.3. The second kappa shape index (κ2) is 6.04. The zero-order chi connectivity index (χ0) is 13.8. The number of hydrogen-bond donors (Lipinski definition) is 1. The van der Waals surface area contributed by atoms with Crippen LogP contribution in [-0.4, -0.2) is 16.3 Å². The first-order valence-corrected chi connectivity index (χ1v) is 7.24. The zero-order valence-corrected chi connectivity index (χ0v) is 11.9. The Bertz CT molecular complexity index is 599. The maximum atomic E-state index is 12.3. The van der Waals surface area contributed by atoms with Gasteiger partial charge in [-0.3, -0.25) is 4.21 Å². The first-order valence-electron chi connectivity index (χ1n) is 5.54. The molecular weight excluding hydrogens is 284 g/mol. The van der Waals surface area contributed by atoms with Crippen LogP contribution in [0.1, 0.15) is 5.69 Å². The third kappa shape index (κ3) is 3.24. The Morgan fingerprint density at radius 2 is 2.05 bits per heavy atom. The average molecular weight is 297 g/mol. The summed E-state index contributed by atoms with van der Waals surface area (Å²) in [5.74, 6) is 0.729. The molecule has 2 N–H and O–H groups in total. The van der Waals surface area contributed by atoms with Crippen LogP contribution in [0.3, 0.4) is 0 Å². The van der Waals surface area contributed by atoms with E-state index < -0.39 is 10.8 Å². The number of hydrogen-bond acceptors (Lipinski definition) is 4. The number of rotatable bonds is 4. The van der Waals surface area contributed by atoms with Gasteiger partial charge in [-0.15, -0.1) is 0 Å². The summed E-state index contributed by atoms with van der Waals surface area (Å²) in [5, 5.41) is 0.404. The van der Waals surface area contributed by atoms with Crippen LogP contribution in [0.4, 0.5) is 5.69 Å². The van der Waals surface area contributed by atoms with Crippen LogP contribution in [0.25, 0.3) is 0 Å². The molecule has 0 radical (unpaired) electrons. The normalized spacial score (nSPS) is 12.1. The molecule has 1 atom stereocenters. The van der Waals surface area contributed by atoms with Gasteiger partial charge in [0.2, 0.25) is 5.88 Å². The van der Waals surface area contributed by atoms with Crippen LogP contribution >= 0.6 is 11.6 Å². The fourth-order valence-electron chi connectivity index (χ4n) is 1.62. The standard InChI is InChI=1S/C13H13ClN2O2S/c1-18-12-7-2-4-9(16-12)8-19(17)13-10(14)5-3-6-11(13)15/h2-7H,8,15H2,1H3. The highest BCUT2D eigenvalue weighted by Gasteiger charge is 2.13. The first-order chi connectivity index (χ1) is 9.11. The summed E-state index contributed by atoms with van der Waals surface area (Å²) in [5.41, 5.74) is 6.90. The number of ether oxygens (including phenoxy) is 1. The molecule has 1 heterocycles. The van der Waals surface area contributed by atoms with Crippen LogP contribution in [0.2, 0.25) is 5.02 Å². The fourth-order valence-corrected chi connectivity index (χ4v) is 3.25. The van der Waals surface area contributed by atoms with Crippen molar-refractivity contribution in [3.63, 3.8) is 0 Å². The van der Waals surface area contributed by atoms with E-state index in [0.29, 0.717) is 27.2 Å². The van der Waals surface area contributed by atoms with Gasteiger partial charge in [0.15, 0.2) is 0 Å². The number of halogens is 1. The molecule has 0 amide bonds. The zero-order valence-electron chi connectivity index (χ0n) is 10.3. The molecule has 0 saturated carbocycles. The Balaban J connectivity index is 2.26. The van der Waals surface area contributed by atoms with Gasteiger partial charge in [0, 0.05) is 11.8 Å². The van der Waals surface area contributed by atoms with Gasteiger partial charge in [-0.1, -0.05) is 23.7 Å². The SMILES string of the molecule is COc1cccc(CS(=O)c2c(N)cccc2Cl)n1. The third-order valence-electron chi connectivity index (χ3n) is 2.49. The van der Waals surface area contributed by atoms with Crippen LogP contribution in [0.5, 0.6) is 5.88 Å². The molecule has 0 bridgehead atoms. The molecule has 0 aliphatic carbocycles. The number of nitrogen functional groups attached to an aromatic ring is 1. The number of anilines is 1. The molecule has 6 heteroatoms. The van der Waals surface area contributed by atoms with Gasteiger partial charge in [0.25, 0.3) is 0 Å². The number of nitrogens with two attached hydrogens (primary N) is 1. The Morgan fingerprint density at radius 1 is 1.32 bits per heavy atom. The Morgan fingerprint density at radius 3 is 2.74 bits per heavy atom. The first kappa shape index (κ1) is 13.8. The van der Waals surface area contributed by atoms with Gasteiger partial charge in [0.1, 0.15) is 0 Å². The molecule has 1 aromatic carbocycles. The quantitative estimate of drug-likeness (QED) is 0.881. The summed E-state index contributed by atoms with van der Waals surface area (Å²) in [7, 11) is 0.194. The predicted molar refractivity (Wildman–Crippen MR) is 76.8 cm³/mol. The van der Waals surface area contributed by atoms with E-state index in [1.54, 1.807) is 36.4 Å². The summed E-state index contributed by atoms with van der Waals surface area (Å²) in [6.07, 6.45) is 0. The molecule has 4 nitrogen and oxygen atoms in total. The molecule has 1 aromatic heterocycles. The third-order valence-corrected chi connectivity index (χ3v) is 4.39. The number of aromatic nitrogens is 1. The van der Waals surface area contributed by atoms with E-state index in [4.69, 9.17) is 22.1 Å². The fraction of sp³-hybridized carbons (Fsp3) is 0.154. The van der Waals surface area contributed by atoms with Crippen molar-refractivity contribution in [2.24, 2.45) is 0 Å². The lowest BCUT2D eigenvalue weighted by molar-refractivity contribution is 0.397. The van der Waals surface area contributed by atoms with Crippen molar-refractivity contribution >= 4 is 28.1 Å². The van der Waals surface area contributed by atoms with Crippen molar-refractivity contribution in [3.8, 4) is 5.88 Å². The predicted octanol–water partition coefficient (Wildman–Crippen LogP) is 2.63. The highest BCUT2D eigenvalue weighted by molar-refractivity contribution is 7.84. The number of pyridine rings is 1. The second-order valence-electron chi connectivity index (χ2n) is 3.82. The lowest BCUT2D eigenvalue weighted by Gasteiger charge is -2.08. The number of nitrogens with zero attached hydrogens (tertiary/aromatic N) is 1. The highest BCUT2D eigenvalue weighted by atomic mass is 35.5. The molecule has 0 aliphatic heterocycles. The van der Waals surface area contributed by atoms with E-state index in [2.05, 4.69) is 4.98 Å². The van der Waals surface area contributed by atoms with E-state index in [-0.39, 0.29) is 5.75 Å². The smallest absolute Gasteiger partial charge is 0.213 e. The van der Waals surface area contributed by atoms with E-state index in [1.165, 1.54) is 7.11 Å². The van der Waals surface area contributed by atoms with Gasteiger partial charge >= 0.3 is 0 Å². The maximum Gasteiger partial charge on any atom is 0.213 e. The van der Waals surface area contributed by atoms with Crippen molar-refractivity contribution in [2.75, 3.05) is 12.8 Å². The maximum absolute atomic E-state index is 12.3. The second-order valence-corrected chi connectivity index (χ2v) is 5.61. The highest BCUT2D eigenvalue weighted by Crippen LogP contribution is 2.27. The molecule has 1 unspecified atom stereocenters. The monoisotopic (exact) mass is 296 g/mol. The van der Waals surface area contributed by atoms with Gasteiger partial charge in [0.05, 0.1) is 39.3 Å². The largest absolute Gasteiger partial charge is 0.481 e. The minimum atomic E-state index is -1.34. The summed E-state index contributed by atoms with van der Waals surface area (Å²) < 4.78 is 17.3.